The minimum Gasteiger partial charge on any atom is -0.342 e. The lowest BCUT2D eigenvalue weighted by molar-refractivity contribution is -0.134. The summed E-state index contributed by atoms with van der Waals surface area (Å²) in [5.41, 5.74) is 0.601. The summed E-state index contributed by atoms with van der Waals surface area (Å²) in [5.74, 6) is 1.51. The molecule has 1 aromatic carbocycles. The maximum absolute atomic E-state index is 13.4. The Hall–Kier alpha value is -2.24. The predicted molar refractivity (Wildman–Crippen MR) is 90.2 cm³/mol. The van der Waals surface area contributed by atoms with Crippen LogP contribution in [-0.2, 0) is 4.79 Å². The van der Waals surface area contributed by atoms with Crippen molar-refractivity contribution in [2.75, 3.05) is 13.1 Å². The fourth-order valence-corrected chi connectivity index (χ4v) is 3.62. The Morgan fingerprint density at radius 1 is 1.28 bits per heavy atom. The van der Waals surface area contributed by atoms with Gasteiger partial charge in [0.05, 0.1) is 5.92 Å². The number of piperidine rings is 1. The van der Waals surface area contributed by atoms with E-state index in [1.54, 1.807) is 12.1 Å². The molecule has 1 aliphatic carbocycles. The number of carbonyl (C=O) groups excluding carboxylic acids is 1. The van der Waals surface area contributed by atoms with Gasteiger partial charge >= 0.3 is 0 Å². The Kier molecular flexibility index (Phi) is 4.51. The van der Waals surface area contributed by atoms with Gasteiger partial charge in [0.1, 0.15) is 5.82 Å². The van der Waals surface area contributed by atoms with Crippen molar-refractivity contribution in [3.63, 3.8) is 0 Å². The normalized spacial score (nSPS) is 21.2. The first-order chi connectivity index (χ1) is 12.2. The standard InChI is InChI=1S/C19H22FN3O2/c20-16-8-2-6-14(11-16)18-21-19(25-22-18)15-7-3-9-23(12-15)17(24)10-13-4-1-5-13/h2,6,8,11,13,15H,1,3-5,7,9-10,12H2/t15-/m0/s1. The largest absolute Gasteiger partial charge is 0.342 e. The second-order valence-corrected chi connectivity index (χ2v) is 7.15. The van der Waals surface area contributed by atoms with Crippen molar-refractivity contribution in [3.8, 4) is 11.4 Å². The summed E-state index contributed by atoms with van der Waals surface area (Å²) in [6.45, 7) is 1.45. The van der Waals surface area contributed by atoms with E-state index in [1.165, 1.54) is 31.4 Å². The van der Waals surface area contributed by atoms with E-state index in [-0.39, 0.29) is 17.6 Å². The van der Waals surface area contributed by atoms with Crippen LogP contribution in [0.5, 0.6) is 0 Å². The maximum atomic E-state index is 13.4. The van der Waals surface area contributed by atoms with Crippen molar-refractivity contribution in [1.29, 1.82) is 0 Å². The second kappa shape index (κ2) is 6.94. The number of likely N-dealkylation sites (tertiary alicyclic amines) is 1. The van der Waals surface area contributed by atoms with Gasteiger partial charge in [0.15, 0.2) is 0 Å². The summed E-state index contributed by atoms with van der Waals surface area (Å²) in [6.07, 6.45) is 6.17. The van der Waals surface area contributed by atoms with Crippen molar-refractivity contribution >= 4 is 5.91 Å². The molecule has 5 nitrogen and oxygen atoms in total. The van der Waals surface area contributed by atoms with Crippen LogP contribution in [0, 0.1) is 11.7 Å². The number of nitrogens with zero attached hydrogens (tertiary/aromatic N) is 3. The topological polar surface area (TPSA) is 59.2 Å². The van der Waals surface area contributed by atoms with Crippen molar-refractivity contribution in [2.45, 2.75) is 44.4 Å². The first kappa shape index (κ1) is 16.2. The molecule has 25 heavy (non-hydrogen) atoms. The van der Waals surface area contributed by atoms with E-state index >= 15 is 0 Å². The molecule has 2 aromatic rings. The highest BCUT2D eigenvalue weighted by atomic mass is 19.1. The summed E-state index contributed by atoms with van der Waals surface area (Å²) < 4.78 is 18.8. The van der Waals surface area contributed by atoms with Gasteiger partial charge in [-0.2, -0.15) is 4.98 Å². The number of hydrogen-bond acceptors (Lipinski definition) is 4. The molecule has 1 aromatic heterocycles. The fourth-order valence-electron chi connectivity index (χ4n) is 3.62. The van der Waals surface area contributed by atoms with E-state index < -0.39 is 0 Å². The van der Waals surface area contributed by atoms with Crippen LogP contribution in [0.2, 0.25) is 0 Å². The lowest BCUT2D eigenvalue weighted by Gasteiger charge is -2.33. The van der Waals surface area contributed by atoms with Gasteiger partial charge < -0.3 is 9.42 Å². The average molecular weight is 343 g/mol. The van der Waals surface area contributed by atoms with Crippen molar-refractivity contribution in [2.24, 2.45) is 5.92 Å². The third-order valence-corrected chi connectivity index (χ3v) is 5.34. The Morgan fingerprint density at radius 3 is 2.92 bits per heavy atom. The molecule has 4 rings (SSSR count). The Balaban J connectivity index is 1.43. The molecule has 1 saturated carbocycles. The van der Waals surface area contributed by atoms with Gasteiger partial charge in [0.25, 0.3) is 0 Å². The van der Waals surface area contributed by atoms with Crippen LogP contribution >= 0.6 is 0 Å². The van der Waals surface area contributed by atoms with Crippen molar-refractivity contribution in [1.82, 2.24) is 15.0 Å². The van der Waals surface area contributed by atoms with Gasteiger partial charge in [-0.3, -0.25) is 4.79 Å². The smallest absolute Gasteiger partial charge is 0.231 e. The lowest BCUT2D eigenvalue weighted by atomic mass is 9.82. The fraction of sp³-hybridized carbons (Fsp3) is 0.526. The molecule has 6 heteroatoms. The highest BCUT2D eigenvalue weighted by molar-refractivity contribution is 5.76. The highest BCUT2D eigenvalue weighted by Gasteiger charge is 2.30. The molecule has 0 unspecified atom stereocenters. The summed E-state index contributed by atoms with van der Waals surface area (Å²) >= 11 is 0. The third kappa shape index (κ3) is 3.57. The Morgan fingerprint density at radius 2 is 2.16 bits per heavy atom. The zero-order valence-electron chi connectivity index (χ0n) is 14.2. The second-order valence-electron chi connectivity index (χ2n) is 7.15. The molecular weight excluding hydrogens is 321 g/mol. The number of hydrogen-bond donors (Lipinski definition) is 0. The molecule has 0 bridgehead atoms. The number of rotatable bonds is 4. The molecular formula is C19H22FN3O2. The lowest BCUT2D eigenvalue weighted by Crippen LogP contribution is -2.40. The molecule has 2 fully saturated rings. The molecule has 2 heterocycles. The van der Waals surface area contributed by atoms with Crippen LogP contribution in [0.1, 0.15) is 50.3 Å². The highest BCUT2D eigenvalue weighted by Crippen LogP contribution is 2.32. The summed E-state index contributed by atoms with van der Waals surface area (Å²) in [6, 6.07) is 6.16. The van der Waals surface area contributed by atoms with Gasteiger partial charge in [-0.15, -0.1) is 0 Å². The van der Waals surface area contributed by atoms with E-state index in [0.29, 0.717) is 36.2 Å². The van der Waals surface area contributed by atoms with E-state index in [2.05, 4.69) is 10.1 Å². The number of carbonyl (C=O) groups is 1. The Labute approximate surface area is 146 Å². The van der Waals surface area contributed by atoms with E-state index in [4.69, 9.17) is 4.52 Å². The number of halogens is 1. The zero-order valence-corrected chi connectivity index (χ0v) is 14.2. The number of amides is 1. The SMILES string of the molecule is O=C(CC1CCC1)N1CCC[C@H](c2nc(-c3cccc(F)c3)no2)C1. The Bertz CT molecular complexity index is 757. The molecule has 1 aliphatic heterocycles. The predicted octanol–water partition coefficient (Wildman–Crippen LogP) is 3.77. The van der Waals surface area contributed by atoms with Gasteiger partial charge in [-0.1, -0.05) is 23.7 Å². The molecule has 1 amide bonds. The van der Waals surface area contributed by atoms with Gasteiger partial charge in [-0.25, -0.2) is 4.39 Å². The molecule has 1 saturated heterocycles. The van der Waals surface area contributed by atoms with Crippen LogP contribution in [-0.4, -0.2) is 34.0 Å². The van der Waals surface area contributed by atoms with Crippen LogP contribution in [0.3, 0.4) is 0 Å². The van der Waals surface area contributed by atoms with E-state index in [9.17, 15) is 9.18 Å². The van der Waals surface area contributed by atoms with Crippen LogP contribution in [0.25, 0.3) is 11.4 Å². The molecule has 1 atom stereocenters. The van der Waals surface area contributed by atoms with Crippen molar-refractivity contribution in [3.05, 3.63) is 36.0 Å². The first-order valence-electron chi connectivity index (χ1n) is 9.06. The number of aromatic nitrogens is 2. The first-order valence-corrected chi connectivity index (χ1v) is 9.06. The third-order valence-electron chi connectivity index (χ3n) is 5.34. The number of benzene rings is 1. The summed E-state index contributed by atoms with van der Waals surface area (Å²) in [7, 11) is 0. The minimum atomic E-state index is -0.325. The molecule has 132 valence electrons. The molecule has 0 N–H and O–H groups in total. The van der Waals surface area contributed by atoms with E-state index in [1.807, 2.05) is 4.90 Å². The molecule has 0 spiro atoms. The average Bonchev–Trinajstić information content (AvgIpc) is 3.08. The van der Waals surface area contributed by atoms with Gasteiger partial charge in [0, 0.05) is 25.1 Å². The van der Waals surface area contributed by atoms with Gasteiger partial charge in [-0.05, 0) is 43.7 Å². The monoisotopic (exact) mass is 343 g/mol. The molecule has 0 radical (unpaired) electrons. The maximum Gasteiger partial charge on any atom is 0.231 e. The van der Waals surface area contributed by atoms with Crippen LogP contribution in [0.15, 0.2) is 28.8 Å². The summed E-state index contributed by atoms with van der Waals surface area (Å²) in [4.78, 5) is 18.8. The summed E-state index contributed by atoms with van der Waals surface area (Å²) in [5, 5.41) is 3.99. The van der Waals surface area contributed by atoms with Crippen LogP contribution in [0.4, 0.5) is 4.39 Å². The van der Waals surface area contributed by atoms with E-state index in [0.717, 1.165) is 19.4 Å². The van der Waals surface area contributed by atoms with Crippen molar-refractivity contribution < 1.29 is 13.7 Å². The van der Waals surface area contributed by atoms with Gasteiger partial charge in [0.2, 0.25) is 17.6 Å². The quantitative estimate of drug-likeness (QED) is 0.848. The molecule has 2 aliphatic rings. The van der Waals surface area contributed by atoms with Crippen LogP contribution < -0.4 is 0 Å². The minimum absolute atomic E-state index is 0.0638. The zero-order chi connectivity index (χ0) is 17.2.